The number of hydrogen-bond donors (Lipinski definition) is 1. The first-order valence-corrected chi connectivity index (χ1v) is 11.8. The second-order valence-corrected chi connectivity index (χ2v) is 9.27. The summed E-state index contributed by atoms with van der Waals surface area (Å²) >= 11 is 9.37. The van der Waals surface area contributed by atoms with E-state index in [0.717, 1.165) is 35.7 Å². The molecule has 7 heteroatoms. The van der Waals surface area contributed by atoms with Crippen LogP contribution in [0.1, 0.15) is 44.6 Å². The van der Waals surface area contributed by atoms with Crippen molar-refractivity contribution in [2.75, 3.05) is 6.61 Å². The Morgan fingerprint density at radius 2 is 1.87 bits per heavy atom. The van der Waals surface area contributed by atoms with Crippen LogP contribution in [0.15, 0.2) is 53.0 Å². The van der Waals surface area contributed by atoms with Crippen molar-refractivity contribution in [2.45, 2.75) is 57.7 Å². The van der Waals surface area contributed by atoms with E-state index >= 15 is 0 Å². The van der Waals surface area contributed by atoms with Gasteiger partial charge in [0.1, 0.15) is 11.8 Å². The Labute approximate surface area is 197 Å². The molecule has 1 atom stereocenters. The van der Waals surface area contributed by atoms with E-state index in [1.165, 1.54) is 6.42 Å². The molecule has 0 radical (unpaired) electrons. The monoisotopic (exact) mass is 506 g/mol. The van der Waals surface area contributed by atoms with Crippen molar-refractivity contribution in [2.24, 2.45) is 0 Å². The van der Waals surface area contributed by atoms with Gasteiger partial charge < -0.3 is 15.0 Å². The summed E-state index contributed by atoms with van der Waals surface area (Å²) in [7, 11) is 0. The Balaban J connectivity index is 1.70. The van der Waals surface area contributed by atoms with Gasteiger partial charge in [-0.15, -0.1) is 0 Å². The first kappa shape index (κ1) is 23.6. The van der Waals surface area contributed by atoms with Crippen molar-refractivity contribution >= 4 is 39.3 Å². The molecule has 2 aromatic carbocycles. The molecule has 1 aliphatic carbocycles. The molecule has 0 bridgehead atoms. The molecule has 1 fully saturated rings. The molecular weight excluding hydrogens is 480 g/mol. The van der Waals surface area contributed by atoms with Crippen molar-refractivity contribution in [1.82, 2.24) is 10.2 Å². The number of carbonyl (C=O) groups excluding carboxylic acids is 2. The third kappa shape index (κ3) is 7.25. The zero-order chi connectivity index (χ0) is 22.2. The Morgan fingerprint density at radius 3 is 2.55 bits per heavy atom. The highest BCUT2D eigenvalue weighted by Crippen LogP contribution is 2.20. The van der Waals surface area contributed by atoms with Crippen molar-refractivity contribution in [3.05, 3.63) is 63.6 Å². The minimum atomic E-state index is -0.609. The molecule has 1 saturated carbocycles. The SMILES string of the molecule is CC(C(=O)NC1CCCCC1)N(Cc1cccc(Br)c1)C(=O)COc1ccc(Cl)cc1. The van der Waals surface area contributed by atoms with E-state index in [1.54, 1.807) is 36.1 Å². The van der Waals surface area contributed by atoms with Gasteiger partial charge in [-0.1, -0.05) is 58.9 Å². The van der Waals surface area contributed by atoms with Crippen LogP contribution in [-0.2, 0) is 16.1 Å². The fraction of sp³-hybridized carbons (Fsp3) is 0.417. The standard InChI is InChI=1S/C24H28BrClN2O3/c1-17(24(30)27-21-8-3-2-4-9-21)28(15-18-6-5-7-19(25)14-18)23(29)16-31-22-12-10-20(26)11-13-22/h5-7,10-14,17,21H,2-4,8-9,15-16H2,1H3,(H,27,30). The predicted molar refractivity (Wildman–Crippen MR) is 126 cm³/mol. The Bertz CT molecular complexity index is 885. The van der Waals surface area contributed by atoms with Crippen molar-refractivity contribution in [3.63, 3.8) is 0 Å². The van der Waals surface area contributed by atoms with Crippen LogP contribution in [0.5, 0.6) is 5.75 Å². The number of rotatable bonds is 8. The number of carbonyl (C=O) groups is 2. The molecule has 1 aliphatic rings. The lowest BCUT2D eigenvalue weighted by Gasteiger charge is -2.31. The van der Waals surface area contributed by atoms with Gasteiger partial charge >= 0.3 is 0 Å². The van der Waals surface area contributed by atoms with Gasteiger partial charge in [-0.05, 0) is 61.7 Å². The molecule has 0 spiro atoms. The average molecular weight is 508 g/mol. The molecule has 5 nitrogen and oxygen atoms in total. The zero-order valence-corrected chi connectivity index (χ0v) is 20.0. The van der Waals surface area contributed by atoms with Gasteiger partial charge in [-0.25, -0.2) is 0 Å². The highest BCUT2D eigenvalue weighted by Gasteiger charge is 2.28. The van der Waals surface area contributed by atoms with E-state index in [2.05, 4.69) is 21.2 Å². The molecule has 2 amide bonds. The molecule has 0 aliphatic heterocycles. The summed E-state index contributed by atoms with van der Waals surface area (Å²) in [4.78, 5) is 27.6. The number of amides is 2. The van der Waals surface area contributed by atoms with E-state index in [1.807, 2.05) is 24.3 Å². The Kier molecular flexibility index (Phi) is 8.79. The Morgan fingerprint density at radius 1 is 1.16 bits per heavy atom. The maximum absolute atomic E-state index is 13.1. The summed E-state index contributed by atoms with van der Waals surface area (Å²) in [5.41, 5.74) is 0.937. The molecule has 0 saturated heterocycles. The first-order valence-electron chi connectivity index (χ1n) is 10.6. The summed E-state index contributed by atoms with van der Waals surface area (Å²) in [6, 6.07) is 14.2. The van der Waals surface area contributed by atoms with E-state index < -0.39 is 6.04 Å². The van der Waals surface area contributed by atoms with Crippen LogP contribution >= 0.6 is 27.5 Å². The summed E-state index contributed by atoms with van der Waals surface area (Å²) in [5.74, 6) is 0.183. The highest BCUT2D eigenvalue weighted by molar-refractivity contribution is 9.10. The second-order valence-electron chi connectivity index (χ2n) is 7.91. The lowest BCUT2D eigenvalue weighted by Crippen LogP contribution is -2.51. The van der Waals surface area contributed by atoms with Crippen LogP contribution in [0.2, 0.25) is 5.02 Å². The minimum absolute atomic E-state index is 0.123. The van der Waals surface area contributed by atoms with Gasteiger partial charge in [0.2, 0.25) is 5.91 Å². The maximum Gasteiger partial charge on any atom is 0.261 e. The lowest BCUT2D eigenvalue weighted by molar-refractivity contribution is -0.142. The largest absolute Gasteiger partial charge is 0.484 e. The van der Waals surface area contributed by atoms with Crippen LogP contribution in [0.25, 0.3) is 0 Å². The summed E-state index contributed by atoms with van der Waals surface area (Å²) in [6.07, 6.45) is 5.48. The number of nitrogens with zero attached hydrogens (tertiary/aromatic N) is 1. The van der Waals surface area contributed by atoms with Crippen molar-refractivity contribution < 1.29 is 14.3 Å². The summed E-state index contributed by atoms with van der Waals surface area (Å²) in [6.45, 7) is 1.94. The van der Waals surface area contributed by atoms with E-state index in [-0.39, 0.29) is 24.5 Å². The number of hydrogen-bond acceptors (Lipinski definition) is 3. The molecule has 1 unspecified atom stereocenters. The summed E-state index contributed by atoms with van der Waals surface area (Å²) < 4.78 is 6.58. The number of halogens is 2. The van der Waals surface area contributed by atoms with Gasteiger partial charge in [0, 0.05) is 22.1 Å². The van der Waals surface area contributed by atoms with E-state index in [0.29, 0.717) is 17.3 Å². The molecule has 2 aromatic rings. The minimum Gasteiger partial charge on any atom is -0.484 e. The smallest absolute Gasteiger partial charge is 0.261 e. The van der Waals surface area contributed by atoms with Crippen LogP contribution < -0.4 is 10.1 Å². The third-order valence-electron chi connectivity index (χ3n) is 5.54. The van der Waals surface area contributed by atoms with Crippen molar-refractivity contribution in [3.8, 4) is 5.75 Å². The predicted octanol–water partition coefficient (Wildman–Crippen LogP) is 5.35. The zero-order valence-electron chi connectivity index (χ0n) is 17.7. The van der Waals surface area contributed by atoms with Gasteiger partial charge in [-0.3, -0.25) is 9.59 Å². The fourth-order valence-electron chi connectivity index (χ4n) is 3.74. The molecule has 0 heterocycles. The van der Waals surface area contributed by atoms with Gasteiger partial charge in [0.05, 0.1) is 0 Å². The quantitative estimate of drug-likeness (QED) is 0.524. The van der Waals surface area contributed by atoms with Gasteiger partial charge in [0.15, 0.2) is 6.61 Å². The molecule has 0 aromatic heterocycles. The van der Waals surface area contributed by atoms with Gasteiger partial charge in [0.25, 0.3) is 5.91 Å². The third-order valence-corrected chi connectivity index (χ3v) is 6.28. The lowest BCUT2D eigenvalue weighted by atomic mass is 9.95. The fourth-order valence-corrected chi connectivity index (χ4v) is 4.31. The molecule has 31 heavy (non-hydrogen) atoms. The number of ether oxygens (including phenoxy) is 1. The normalized spacial score (nSPS) is 15.2. The molecule has 3 rings (SSSR count). The van der Waals surface area contributed by atoms with Crippen LogP contribution in [-0.4, -0.2) is 35.4 Å². The van der Waals surface area contributed by atoms with Crippen LogP contribution in [0.3, 0.4) is 0 Å². The maximum atomic E-state index is 13.1. The number of benzene rings is 2. The second kappa shape index (κ2) is 11.5. The van der Waals surface area contributed by atoms with E-state index in [9.17, 15) is 9.59 Å². The highest BCUT2D eigenvalue weighted by atomic mass is 79.9. The van der Waals surface area contributed by atoms with E-state index in [4.69, 9.17) is 16.3 Å². The number of nitrogens with one attached hydrogen (secondary N) is 1. The topological polar surface area (TPSA) is 58.6 Å². The van der Waals surface area contributed by atoms with Gasteiger partial charge in [-0.2, -0.15) is 0 Å². The molecule has 1 N–H and O–H groups in total. The summed E-state index contributed by atoms with van der Waals surface area (Å²) in [5, 5.41) is 3.73. The van der Waals surface area contributed by atoms with Crippen LogP contribution in [0, 0.1) is 0 Å². The van der Waals surface area contributed by atoms with Crippen LogP contribution in [0.4, 0.5) is 0 Å². The van der Waals surface area contributed by atoms with Crippen molar-refractivity contribution in [1.29, 1.82) is 0 Å². The Hall–Kier alpha value is -2.05. The molecule has 166 valence electrons. The average Bonchev–Trinajstić information content (AvgIpc) is 2.77. The molecular formula is C24H28BrClN2O3. The first-order chi connectivity index (χ1) is 14.9.